The van der Waals surface area contributed by atoms with Crippen LogP contribution in [0.4, 0.5) is 4.39 Å². The molecule has 0 radical (unpaired) electrons. The van der Waals surface area contributed by atoms with Crippen LogP contribution in [0.1, 0.15) is 5.56 Å². The molecule has 0 N–H and O–H groups in total. The van der Waals surface area contributed by atoms with Crippen molar-refractivity contribution in [3.63, 3.8) is 0 Å². The summed E-state index contributed by atoms with van der Waals surface area (Å²) in [5.41, 5.74) is 1.13. The van der Waals surface area contributed by atoms with Crippen LogP contribution >= 0.6 is 27.7 Å². The highest BCUT2D eigenvalue weighted by Crippen LogP contribution is 2.29. The molecule has 4 heteroatoms. The summed E-state index contributed by atoms with van der Waals surface area (Å²) in [5.74, 6) is 1.39. The van der Waals surface area contributed by atoms with Crippen molar-refractivity contribution in [1.82, 2.24) is 0 Å². The van der Waals surface area contributed by atoms with Gasteiger partial charge >= 0.3 is 0 Å². The highest BCUT2D eigenvalue weighted by Gasteiger charge is 2.04. The Morgan fingerprint density at radius 3 is 2.78 bits per heavy atom. The van der Waals surface area contributed by atoms with E-state index in [0.717, 1.165) is 26.4 Å². The molecule has 0 saturated carbocycles. The number of methoxy groups -OCH3 is 1. The van der Waals surface area contributed by atoms with Crippen LogP contribution in [0.5, 0.6) is 5.75 Å². The molecule has 0 bridgehead atoms. The zero-order valence-electron chi connectivity index (χ0n) is 9.82. The molecule has 94 valence electrons. The van der Waals surface area contributed by atoms with Crippen LogP contribution in [-0.4, -0.2) is 7.11 Å². The minimum atomic E-state index is -0.204. The predicted molar refractivity (Wildman–Crippen MR) is 76.7 cm³/mol. The van der Waals surface area contributed by atoms with Gasteiger partial charge in [-0.3, -0.25) is 0 Å². The maximum absolute atomic E-state index is 13.0. The maximum Gasteiger partial charge on any atom is 0.124 e. The molecule has 0 aliphatic rings. The fourth-order valence-corrected chi connectivity index (χ4v) is 3.01. The van der Waals surface area contributed by atoms with E-state index in [9.17, 15) is 4.39 Å². The van der Waals surface area contributed by atoms with Gasteiger partial charge in [-0.1, -0.05) is 22.0 Å². The molecule has 0 aromatic heterocycles. The van der Waals surface area contributed by atoms with Crippen molar-refractivity contribution in [3.8, 4) is 5.75 Å². The van der Waals surface area contributed by atoms with Crippen LogP contribution in [0.25, 0.3) is 0 Å². The Morgan fingerprint density at radius 1 is 1.22 bits per heavy atom. The van der Waals surface area contributed by atoms with Gasteiger partial charge in [0, 0.05) is 15.1 Å². The van der Waals surface area contributed by atoms with E-state index in [2.05, 4.69) is 15.9 Å². The van der Waals surface area contributed by atoms with Gasteiger partial charge in [0.1, 0.15) is 11.6 Å². The van der Waals surface area contributed by atoms with E-state index in [4.69, 9.17) is 4.74 Å². The molecule has 0 spiro atoms. The quantitative estimate of drug-likeness (QED) is 0.740. The second-order valence-corrected chi connectivity index (χ2v) is 5.61. The van der Waals surface area contributed by atoms with Crippen LogP contribution < -0.4 is 4.74 Å². The van der Waals surface area contributed by atoms with Gasteiger partial charge in [-0.15, -0.1) is 11.8 Å². The molecule has 0 fully saturated rings. The van der Waals surface area contributed by atoms with Crippen molar-refractivity contribution in [2.75, 3.05) is 7.11 Å². The molecule has 0 unspecified atom stereocenters. The number of rotatable bonds is 4. The molecule has 0 heterocycles. The molecule has 2 aromatic carbocycles. The molecule has 0 aliphatic heterocycles. The van der Waals surface area contributed by atoms with E-state index in [1.54, 1.807) is 31.0 Å². The minimum Gasteiger partial charge on any atom is -0.497 e. The number of hydrogen-bond donors (Lipinski definition) is 0. The first-order chi connectivity index (χ1) is 8.69. The van der Waals surface area contributed by atoms with Gasteiger partial charge in [0.25, 0.3) is 0 Å². The second kappa shape index (κ2) is 6.25. The minimum absolute atomic E-state index is 0.204. The van der Waals surface area contributed by atoms with Crippen LogP contribution in [0.15, 0.2) is 51.8 Å². The van der Waals surface area contributed by atoms with Gasteiger partial charge in [0.05, 0.1) is 7.11 Å². The number of hydrogen-bond acceptors (Lipinski definition) is 2. The predicted octanol–water partition coefficient (Wildman–Crippen LogP) is 4.89. The van der Waals surface area contributed by atoms with E-state index in [-0.39, 0.29) is 5.82 Å². The Morgan fingerprint density at radius 2 is 2.06 bits per heavy atom. The summed E-state index contributed by atoms with van der Waals surface area (Å²) < 4.78 is 19.3. The first kappa shape index (κ1) is 13.4. The Balaban J connectivity index is 2.10. The van der Waals surface area contributed by atoms with Crippen LogP contribution in [0.3, 0.4) is 0 Å². The van der Waals surface area contributed by atoms with Crippen molar-refractivity contribution in [3.05, 3.63) is 58.3 Å². The third-order valence-corrected chi connectivity index (χ3v) is 4.26. The van der Waals surface area contributed by atoms with Gasteiger partial charge < -0.3 is 4.74 Å². The lowest BCUT2D eigenvalue weighted by Gasteiger charge is -2.07. The summed E-state index contributed by atoms with van der Waals surface area (Å²) in [6, 6.07) is 12.5. The highest BCUT2D eigenvalue weighted by molar-refractivity contribution is 9.10. The first-order valence-electron chi connectivity index (χ1n) is 5.40. The average molecular weight is 327 g/mol. The third kappa shape index (κ3) is 3.50. The maximum atomic E-state index is 13.0. The first-order valence-corrected chi connectivity index (χ1v) is 7.17. The summed E-state index contributed by atoms with van der Waals surface area (Å²) in [7, 11) is 1.65. The van der Waals surface area contributed by atoms with Gasteiger partial charge in [0.15, 0.2) is 0 Å². The fourth-order valence-electron chi connectivity index (χ4n) is 1.51. The molecule has 0 saturated heterocycles. The molecular weight excluding hydrogens is 315 g/mol. The lowest BCUT2D eigenvalue weighted by Crippen LogP contribution is -1.87. The van der Waals surface area contributed by atoms with Gasteiger partial charge in [-0.25, -0.2) is 4.39 Å². The van der Waals surface area contributed by atoms with Crippen LogP contribution in [0.2, 0.25) is 0 Å². The van der Waals surface area contributed by atoms with E-state index < -0.39 is 0 Å². The van der Waals surface area contributed by atoms with Gasteiger partial charge in [0.2, 0.25) is 0 Å². The lowest BCUT2D eigenvalue weighted by molar-refractivity contribution is 0.414. The Labute approximate surface area is 118 Å². The lowest BCUT2D eigenvalue weighted by atomic mass is 10.2. The van der Waals surface area contributed by atoms with Crippen molar-refractivity contribution >= 4 is 27.7 Å². The molecule has 2 rings (SSSR count). The summed E-state index contributed by atoms with van der Waals surface area (Å²) in [6.07, 6.45) is 0. The van der Waals surface area contributed by atoms with Crippen LogP contribution in [0, 0.1) is 5.82 Å². The zero-order valence-corrected chi connectivity index (χ0v) is 12.2. The van der Waals surface area contributed by atoms with E-state index >= 15 is 0 Å². The molecule has 0 atom stereocenters. The monoisotopic (exact) mass is 326 g/mol. The Kier molecular flexibility index (Phi) is 4.66. The third-order valence-electron chi connectivity index (χ3n) is 2.44. The molecule has 0 aliphatic carbocycles. The largest absolute Gasteiger partial charge is 0.497 e. The zero-order chi connectivity index (χ0) is 13.0. The van der Waals surface area contributed by atoms with E-state index in [0.29, 0.717) is 0 Å². The topological polar surface area (TPSA) is 9.23 Å². The number of ether oxygens (including phenoxy) is 1. The Bertz CT molecular complexity index is 545. The van der Waals surface area contributed by atoms with Gasteiger partial charge in [-0.05, 0) is 42.0 Å². The average Bonchev–Trinajstić information content (AvgIpc) is 2.38. The number of thioether (sulfide) groups is 1. The van der Waals surface area contributed by atoms with Crippen LogP contribution in [-0.2, 0) is 5.75 Å². The second-order valence-electron chi connectivity index (χ2n) is 3.70. The SMILES string of the molecule is COc1ccc(Br)c(CSc2cccc(F)c2)c1. The molecule has 2 aromatic rings. The molecule has 1 nitrogen and oxygen atoms in total. The molecule has 18 heavy (non-hydrogen) atoms. The summed E-state index contributed by atoms with van der Waals surface area (Å²) >= 11 is 5.10. The van der Waals surface area contributed by atoms with E-state index in [1.165, 1.54) is 6.07 Å². The van der Waals surface area contributed by atoms with Gasteiger partial charge in [-0.2, -0.15) is 0 Å². The molecular formula is C14H12BrFOS. The summed E-state index contributed by atoms with van der Waals surface area (Å²) in [4.78, 5) is 0.921. The smallest absolute Gasteiger partial charge is 0.124 e. The normalized spacial score (nSPS) is 10.4. The number of benzene rings is 2. The van der Waals surface area contributed by atoms with Crippen molar-refractivity contribution in [2.45, 2.75) is 10.6 Å². The fraction of sp³-hybridized carbons (Fsp3) is 0.143. The van der Waals surface area contributed by atoms with Crippen molar-refractivity contribution in [2.24, 2.45) is 0 Å². The number of halogens is 2. The van der Waals surface area contributed by atoms with Crippen molar-refractivity contribution in [1.29, 1.82) is 0 Å². The standard InChI is InChI=1S/C14H12BrFOS/c1-17-12-5-6-14(15)10(7-12)9-18-13-4-2-3-11(16)8-13/h2-8H,9H2,1H3. The van der Waals surface area contributed by atoms with Crippen molar-refractivity contribution < 1.29 is 9.13 Å². The molecule has 0 amide bonds. The highest BCUT2D eigenvalue weighted by atomic mass is 79.9. The van der Waals surface area contributed by atoms with E-state index in [1.807, 2.05) is 24.3 Å². The summed E-state index contributed by atoms with van der Waals surface area (Å²) in [6.45, 7) is 0. The Hall–Kier alpha value is -1.00. The summed E-state index contributed by atoms with van der Waals surface area (Å²) in [5, 5.41) is 0.